The molecule has 1 aliphatic carbocycles. The molecule has 0 bridgehead atoms. The maximum Gasteiger partial charge on any atom is 0.248 e. The molecule has 1 aliphatic heterocycles. The fourth-order valence-corrected chi connectivity index (χ4v) is 3.47. The molecule has 2 fully saturated rings. The van der Waals surface area contributed by atoms with E-state index in [2.05, 4.69) is 19.2 Å². The van der Waals surface area contributed by atoms with Crippen LogP contribution < -0.4 is 5.32 Å². The van der Waals surface area contributed by atoms with Crippen molar-refractivity contribution in [3.05, 3.63) is 0 Å². The molecule has 1 atom stereocenters. The summed E-state index contributed by atoms with van der Waals surface area (Å²) >= 11 is 0. The summed E-state index contributed by atoms with van der Waals surface area (Å²) in [5, 5.41) is 3.07. The number of piperazine rings is 1. The van der Waals surface area contributed by atoms with Crippen molar-refractivity contribution in [2.24, 2.45) is 5.92 Å². The van der Waals surface area contributed by atoms with E-state index >= 15 is 0 Å². The largest absolute Gasteiger partial charge is 0.340 e. The van der Waals surface area contributed by atoms with Gasteiger partial charge in [-0.25, -0.2) is 0 Å². The second-order valence-electron chi connectivity index (χ2n) is 6.37. The molecule has 0 aromatic heterocycles. The SMILES string of the molecule is CCN1C(=O)C2(CCCCC2)NC(=O)C1CC(C)C. The van der Waals surface area contributed by atoms with E-state index in [0.717, 1.165) is 32.1 Å². The Kier molecular flexibility index (Phi) is 4.16. The van der Waals surface area contributed by atoms with Crippen LogP contribution in [0.3, 0.4) is 0 Å². The molecule has 2 rings (SSSR count). The molecule has 2 aliphatic rings. The van der Waals surface area contributed by atoms with Crippen molar-refractivity contribution in [2.45, 2.75) is 70.9 Å². The number of likely N-dealkylation sites (N-methyl/N-ethyl adjacent to an activating group) is 1. The van der Waals surface area contributed by atoms with Gasteiger partial charge < -0.3 is 10.2 Å². The highest BCUT2D eigenvalue weighted by Gasteiger charge is 2.50. The van der Waals surface area contributed by atoms with Crippen LogP contribution >= 0.6 is 0 Å². The summed E-state index contributed by atoms with van der Waals surface area (Å²) < 4.78 is 0. The Morgan fingerprint density at radius 1 is 1.26 bits per heavy atom. The minimum Gasteiger partial charge on any atom is -0.340 e. The van der Waals surface area contributed by atoms with Gasteiger partial charge in [0.15, 0.2) is 0 Å². The van der Waals surface area contributed by atoms with Gasteiger partial charge in [0.1, 0.15) is 11.6 Å². The molecule has 1 spiro atoms. The van der Waals surface area contributed by atoms with Crippen LogP contribution in [0.5, 0.6) is 0 Å². The summed E-state index contributed by atoms with van der Waals surface area (Å²) in [6.45, 7) is 6.79. The van der Waals surface area contributed by atoms with Crippen LogP contribution in [0.15, 0.2) is 0 Å². The van der Waals surface area contributed by atoms with E-state index < -0.39 is 5.54 Å². The standard InChI is InChI=1S/C15H26N2O2/c1-4-17-12(10-11(2)3)13(18)16-15(14(17)19)8-6-5-7-9-15/h11-12H,4-10H2,1-3H3,(H,16,18). The lowest BCUT2D eigenvalue weighted by Crippen LogP contribution is -2.70. The molecule has 2 amide bonds. The van der Waals surface area contributed by atoms with Crippen molar-refractivity contribution in [2.75, 3.05) is 6.54 Å². The lowest BCUT2D eigenvalue weighted by Gasteiger charge is -2.47. The number of nitrogens with one attached hydrogen (secondary N) is 1. The fraction of sp³-hybridized carbons (Fsp3) is 0.867. The summed E-state index contributed by atoms with van der Waals surface area (Å²) in [6.07, 6.45) is 5.62. The molecule has 1 unspecified atom stereocenters. The predicted molar refractivity (Wildman–Crippen MR) is 74.6 cm³/mol. The van der Waals surface area contributed by atoms with Crippen molar-refractivity contribution < 1.29 is 9.59 Å². The topological polar surface area (TPSA) is 49.4 Å². The molecule has 19 heavy (non-hydrogen) atoms. The van der Waals surface area contributed by atoms with Crippen LogP contribution in [0.1, 0.15) is 59.3 Å². The Hall–Kier alpha value is -1.06. The van der Waals surface area contributed by atoms with E-state index in [0.29, 0.717) is 12.5 Å². The van der Waals surface area contributed by atoms with Gasteiger partial charge in [-0.1, -0.05) is 33.1 Å². The molecule has 108 valence electrons. The monoisotopic (exact) mass is 266 g/mol. The summed E-state index contributed by atoms with van der Waals surface area (Å²) in [7, 11) is 0. The maximum absolute atomic E-state index is 12.8. The lowest BCUT2D eigenvalue weighted by molar-refractivity contribution is -0.157. The highest BCUT2D eigenvalue weighted by atomic mass is 16.2. The number of nitrogens with zero attached hydrogens (tertiary/aromatic N) is 1. The van der Waals surface area contributed by atoms with Crippen LogP contribution in [0.4, 0.5) is 0 Å². The maximum atomic E-state index is 12.8. The quantitative estimate of drug-likeness (QED) is 0.850. The Labute approximate surface area is 115 Å². The Bertz CT molecular complexity index is 359. The van der Waals surface area contributed by atoms with Gasteiger partial charge in [0, 0.05) is 6.54 Å². The molecule has 4 nitrogen and oxygen atoms in total. The van der Waals surface area contributed by atoms with Gasteiger partial charge in [-0.3, -0.25) is 9.59 Å². The van der Waals surface area contributed by atoms with Gasteiger partial charge >= 0.3 is 0 Å². The number of hydrogen-bond donors (Lipinski definition) is 1. The smallest absolute Gasteiger partial charge is 0.248 e. The summed E-state index contributed by atoms with van der Waals surface area (Å²) in [6, 6.07) is -0.273. The Morgan fingerprint density at radius 2 is 1.89 bits per heavy atom. The normalized spacial score (nSPS) is 26.9. The van der Waals surface area contributed by atoms with E-state index in [-0.39, 0.29) is 17.9 Å². The summed E-state index contributed by atoms with van der Waals surface area (Å²) in [5.74, 6) is 0.620. The van der Waals surface area contributed by atoms with E-state index in [1.54, 1.807) is 0 Å². The third kappa shape index (κ3) is 2.63. The molecule has 4 heteroatoms. The molecule has 1 N–H and O–H groups in total. The van der Waals surface area contributed by atoms with Gasteiger partial charge in [0.2, 0.25) is 11.8 Å². The molecule has 0 aromatic carbocycles. The minimum atomic E-state index is -0.585. The van der Waals surface area contributed by atoms with Crippen molar-refractivity contribution >= 4 is 11.8 Å². The van der Waals surface area contributed by atoms with Crippen molar-refractivity contribution in [3.8, 4) is 0 Å². The van der Waals surface area contributed by atoms with Crippen LogP contribution in [0.2, 0.25) is 0 Å². The average Bonchev–Trinajstić information content (AvgIpc) is 2.37. The first kappa shape index (κ1) is 14.4. The second-order valence-corrected chi connectivity index (χ2v) is 6.37. The number of hydrogen-bond acceptors (Lipinski definition) is 2. The minimum absolute atomic E-state index is 0.0528. The van der Waals surface area contributed by atoms with E-state index in [1.807, 2.05) is 11.8 Å². The van der Waals surface area contributed by atoms with Gasteiger partial charge in [0.25, 0.3) is 0 Å². The first-order chi connectivity index (χ1) is 9.00. The zero-order valence-electron chi connectivity index (χ0n) is 12.4. The lowest BCUT2D eigenvalue weighted by atomic mass is 9.78. The van der Waals surface area contributed by atoms with Gasteiger partial charge in [0.05, 0.1) is 0 Å². The Morgan fingerprint density at radius 3 is 2.42 bits per heavy atom. The van der Waals surface area contributed by atoms with Crippen molar-refractivity contribution in [1.29, 1.82) is 0 Å². The zero-order valence-corrected chi connectivity index (χ0v) is 12.4. The van der Waals surface area contributed by atoms with E-state index in [9.17, 15) is 9.59 Å². The van der Waals surface area contributed by atoms with Crippen LogP contribution in [0.25, 0.3) is 0 Å². The second kappa shape index (κ2) is 5.51. The first-order valence-electron chi connectivity index (χ1n) is 7.63. The Balaban J connectivity index is 2.22. The third-order valence-corrected chi connectivity index (χ3v) is 4.45. The van der Waals surface area contributed by atoms with Crippen molar-refractivity contribution in [1.82, 2.24) is 10.2 Å². The highest BCUT2D eigenvalue weighted by Crippen LogP contribution is 2.34. The molecular weight excluding hydrogens is 240 g/mol. The third-order valence-electron chi connectivity index (χ3n) is 4.45. The highest BCUT2D eigenvalue weighted by molar-refractivity contribution is 5.99. The van der Waals surface area contributed by atoms with Crippen LogP contribution in [-0.4, -0.2) is 34.8 Å². The average molecular weight is 266 g/mol. The number of carbonyl (C=O) groups excluding carboxylic acids is 2. The zero-order chi connectivity index (χ0) is 14.0. The molecule has 1 saturated heterocycles. The molecule has 0 radical (unpaired) electrons. The molecule has 0 aromatic rings. The molecular formula is C15H26N2O2. The van der Waals surface area contributed by atoms with Gasteiger partial charge in [-0.15, -0.1) is 0 Å². The molecule has 1 saturated carbocycles. The van der Waals surface area contributed by atoms with E-state index in [1.165, 1.54) is 6.42 Å². The summed E-state index contributed by atoms with van der Waals surface area (Å²) in [5.41, 5.74) is -0.585. The van der Waals surface area contributed by atoms with Crippen LogP contribution in [-0.2, 0) is 9.59 Å². The predicted octanol–water partition coefficient (Wildman–Crippen LogP) is 2.08. The first-order valence-corrected chi connectivity index (χ1v) is 7.63. The number of carbonyl (C=O) groups is 2. The number of amides is 2. The van der Waals surface area contributed by atoms with Crippen LogP contribution in [0, 0.1) is 5.92 Å². The van der Waals surface area contributed by atoms with Gasteiger partial charge in [-0.05, 0) is 32.1 Å². The van der Waals surface area contributed by atoms with E-state index in [4.69, 9.17) is 0 Å². The number of rotatable bonds is 3. The summed E-state index contributed by atoms with van der Waals surface area (Å²) in [4.78, 5) is 27.0. The van der Waals surface area contributed by atoms with Crippen molar-refractivity contribution in [3.63, 3.8) is 0 Å². The molecule has 1 heterocycles. The fourth-order valence-electron chi connectivity index (χ4n) is 3.47. The van der Waals surface area contributed by atoms with Gasteiger partial charge in [-0.2, -0.15) is 0 Å².